The number of nitrogens with zero attached hydrogens (tertiary/aromatic N) is 2. The number of carbonyl (C=O) groups is 1. The molecule has 2 aliphatic rings. The third-order valence-electron chi connectivity index (χ3n) is 4.81. The predicted molar refractivity (Wildman–Crippen MR) is 98.7 cm³/mol. The molecule has 0 aromatic carbocycles. The molecule has 11 heteroatoms. The van der Waals surface area contributed by atoms with E-state index in [2.05, 4.69) is 9.82 Å². The molecule has 0 amide bonds. The first-order valence-electron chi connectivity index (χ1n) is 8.86. The van der Waals surface area contributed by atoms with Gasteiger partial charge in [-0.15, -0.1) is 0 Å². The summed E-state index contributed by atoms with van der Waals surface area (Å²) in [4.78, 5) is 11.1. The van der Waals surface area contributed by atoms with Crippen LogP contribution < -0.4 is 4.72 Å². The molecule has 0 spiro atoms. The second kappa shape index (κ2) is 7.45. The fourth-order valence-electron chi connectivity index (χ4n) is 3.32. The molecule has 2 N–H and O–H groups in total. The van der Waals surface area contributed by atoms with Crippen LogP contribution >= 0.6 is 0 Å². The third kappa shape index (κ3) is 4.45. The molecule has 1 aromatic rings. The van der Waals surface area contributed by atoms with Gasteiger partial charge in [0.25, 0.3) is 0 Å². The first-order chi connectivity index (χ1) is 13.4. The molecular weight excluding hydrogens is 411 g/mol. The highest BCUT2D eigenvalue weighted by molar-refractivity contribution is 7.90. The van der Waals surface area contributed by atoms with E-state index in [9.17, 15) is 26.4 Å². The predicted octanol–water partition coefficient (Wildman–Crippen LogP) is 2.88. The lowest BCUT2D eigenvalue weighted by atomic mass is 9.96. The van der Waals surface area contributed by atoms with E-state index in [4.69, 9.17) is 5.11 Å². The summed E-state index contributed by atoms with van der Waals surface area (Å²) in [7, 11) is -3.45. The van der Waals surface area contributed by atoms with Crippen molar-refractivity contribution >= 4 is 16.0 Å². The summed E-state index contributed by atoms with van der Waals surface area (Å²) in [5.41, 5.74) is 0.118. The van der Waals surface area contributed by atoms with Crippen LogP contribution in [0.4, 0.5) is 13.2 Å². The minimum absolute atomic E-state index is 0.235. The number of carboxylic acid groups (broad SMARTS) is 1. The number of hydrogen-bond acceptors (Lipinski definition) is 4. The van der Waals surface area contributed by atoms with Crippen LogP contribution in [0.15, 0.2) is 41.1 Å². The lowest BCUT2D eigenvalue weighted by Gasteiger charge is -2.16. The van der Waals surface area contributed by atoms with E-state index in [1.807, 2.05) is 6.08 Å². The van der Waals surface area contributed by atoms with Gasteiger partial charge in [-0.3, -0.25) is 4.68 Å². The summed E-state index contributed by atoms with van der Waals surface area (Å²) in [6, 6.07) is -0.398. The van der Waals surface area contributed by atoms with E-state index in [1.54, 1.807) is 26.0 Å². The zero-order valence-electron chi connectivity index (χ0n) is 15.7. The quantitative estimate of drug-likeness (QED) is 0.721. The number of aromatic carboxylic acids is 1. The first-order valence-corrected chi connectivity index (χ1v) is 10.4. The molecule has 2 aliphatic carbocycles. The maximum Gasteiger partial charge on any atom is 0.433 e. The lowest BCUT2D eigenvalue weighted by Crippen LogP contribution is -2.37. The molecule has 0 saturated heterocycles. The SMILES string of the molecule is CC(C)S(=O)(=O)NC1C=C2CC=C(Cn3ncc(C(=O)O)c3C(F)(F)F)C=C2C1. The molecule has 1 atom stereocenters. The number of allylic oxidation sites excluding steroid dienone is 4. The highest BCUT2D eigenvalue weighted by Gasteiger charge is 2.40. The average Bonchev–Trinajstić information content (AvgIpc) is 3.17. The number of nitrogens with one attached hydrogen (secondary N) is 1. The van der Waals surface area contributed by atoms with E-state index in [0.29, 0.717) is 29.3 Å². The number of hydrogen-bond donors (Lipinski definition) is 2. The van der Waals surface area contributed by atoms with Crippen LogP contribution in [-0.4, -0.2) is 40.6 Å². The number of aromatic nitrogens is 2. The second-order valence-corrected chi connectivity index (χ2v) is 9.50. The molecule has 1 heterocycles. The summed E-state index contributed by atoms with van der Waals surface area (Å²) >= 11 is 0. The number of alkyl halides is 3. The second-order valence-electron chi connectivity index (χ2n) is 7.23. The van der Waals surface area contributed by atoms with Gasteiger partial charge in [-0.1, -0.05) is 18.2 Å². The Kier molecular flexibility index (Phi) is 5.48. The number of carboxylic acids is 1. The molecule has 158 valence electrons. The van der Waals surface area contributed by atoms with Crippen molar-refractivity contribution in [1.29, 1.82) is 0 Å². The first kappa shape index (κ1) is 21.3. The number of halogens is 3. The smallest absolute Gasteiger partial charge is 0.433 e. The fraction of sp³-hybridized carbons (Fsp3) is 0.444. The molecular formula is C18H20F3N3O4S. The molecule has 0 radical (unpaired) electrons. The number of fused-ring (bicyclic) bond motifs is 1. The Bertz CT molecular complexity index is 1030. The van der Waals surface area contributed by atoms with Gasteiger partial charge in [0.1, 0.15) is 5.56 Å². The normalized spacial score (nSPS) is 19.7. The van der Waals surface area contributed by atoms with E-state index in [1.165, 1.54) is 0 Å². The van der Waals surface area contributed by atoms with Gasteiger partial charge in [0.2, 0.25) is 10.0 Å². The Hall–Kier alpha value is -2.40. The maximum atomic E-state index is 13.3. The van der Waals surface area contributed by atoms with Crippen molar-refractivity contribution in [3.63, 3.8) is 0 Å². The molecule has 1 unspecified atom stereocenters. The largest absolute Gasteiger partial charge is 0.478 e. The van der Waals surface area contributed by atoms with Crippen molar-refractivity contribution in [1.82, 2.24) is 14.5 Å². The molecule has 7 nitrogen and oxygen atoms in total. The van der Waals surface area contributed by atoms with Gasteiger partial charge in [0.05, 0.1) is 18.0 Å². The Labute approximate surface area is 165 Å². The third-order valence-corrected chi connectivity index (χ3v) is 6.68. The maximum absolute atomic E-state index is 13.3. The zero-order chi connectivity index (χ0) is 21.6. The molecule has 0 fully saturated rings. The van der Waals surface area contributed by atoms with E-state index in [0.717, 1.165) is 11.1 Å². The van der Waals surface area contributed by atoms with Gasteiger partial charge in [-0.05, 0) is 43.4 Å². The summed E-state index contributed by atoms with van der Waals surface area (Å²) < 4.78 is 67.3. The summed E-state index contributed by atoms with van der Waals surface area (Å²) in [6.07, 6.45) is 1.96. The van der Waals surface area contributed by atoms with Crippen LogP contribution in [0.5, 0.6) is 0 Å². The van der Waals surface area contributed by atoms with Gasteiger partial charge in [0.15, 0.2) is 5.69 Å². The van der Waals surface area contributed by atoms with Crippen LogP contribution in [-0.2, 0) is 22.7 Å². The number of sulfonamides is 1. The van der Waals surface area contributed by atoms with Crippen molar-refractivity contribution in [3.8, 4) is 0 Å². The van der Waals surface area contributed by atoms with Crippen LogP contribution in [0, 0.1) is 0 Å². The van der Waals surface area contributed by atoms with Crippen LogP contribution in [0.2, 0.25) is 0 Å². The van der Waals surface area contributed by atoms with Crippen LogP contribution in [0.25, 0.3) is 0 Å². The Balaban J connectivity index is 1.79. The van der Waals surface area contributed by atoms with E-state index >= 15 is 0 Å². The van der Waals surface area contributed by atoms with Crippen molar-refractivity contribution in [3.05, 3.63) is 52.4 Å². The monoisotopic (exact) mass is 431 g/mol. The van der Waals surface area contributed by atoms with Crippen molar-refractivity contribution in [2.45, 2.75) is 50.7 Å². The minimum atomic E-state index is -4.86. The van der Waals surface area contributed by atoms with Crippen LogP contribution in [0.3, 0.4) is 0 Å². The topological polar surface area (TPSA) is 101 Å². The van der Waals surface area contributed by atoms with Gasteiger partial charge in [-0.25, -0.2) is 17.9 Å². The standard InChI is InChI=1S/C18H20F3N3O4S/c1-10(2)29(27,28)23-14-6-12-4-3-11(5-13(12)7-14)9-24-16(18(19,20)21)15(8-22-24)17(25)26/h3,5-6,8,10,14,23H,4,7,9H2,1-2H3,(H,25,26). The Morgan fingerprint density at radius 2 is 2.07 bits per heavy atom. The highest BCUT2D eigenvalue weighted by Crippen LogP contribution is 2.36. The molecule has 1 aromatic heterocycles. The van der Waals surface area contributed by atoms with Gasteiger partial charge in [0, 0.05) is 6.04 Å². The number of rotatable bonds is 6. The van der Waals surface area contributed by atoms with Gasteiger partial charge in [-0.2, -0.15) is 18.3 Å². The average molecular weight is 431 g/mol. The summed E-state index contributed by atoms with van der Waals surface area (Å²) in [5, 5.41) is 12.0. The lowest BCUT2D eigenvalue weighted by molar-refractivity contribution is -0.144. The highest BCUT2D eigenvalue weighted by atomic mass is 32.2. The van der Waals surface area contributed by atoms with E-state index < -0.39 is 44.7 Å². The Morgan fingerprint density at radius 3 is 2.66 bits per heavy atom. The molecule has 3 rings (SSSR count). The molecule has 0 aliphatic heterocycles. The van der Waals surface area contributed by atoms with Gasteiger partial charge < -0.3 is 5.11 Å². The van der Waals surface area contributed by atoms with Crippen LogP contribution in [0.1, 0.15) is 42.7 Å². The Morgan fingerprint density at radius 1 is 1.38 bits per heavy atom. The molecule has 0 saturated carbocycles. The molecule has 0 bridgehead atoms. The van der Waals surface area contributed by atoms with E-state index in [-0.39, 0.29) is 6.54 Å². The van der Waals surface area contributed by atoms with Crippen molar-refractivity contribution < 1.29 is 31.5 Å². The van der Waals surface area contributed by atoms with Crippen molar-refractivity contribution in [2.24, 2.45) is 0 Å². The van der Waals surface area contributed by atoms with Crippen molar-refractivity contribution in [2.75, 3.05) is 0 Å². The summed E-state index contributed by atoms with van der Waals surface area (Å²) in [5.74, 6) is -1.69. The molecule has 29 heavy (non-hydrogen) atoms. The minimum Gasteiger partial charge on any atom is -0.478 e. The van der Waals surface area contributed by atoms with Gasteiger partial charge >= 0.3 is 12.1 Å². The fourth-order valence-corrected chi connectivity index (χ4v) is 4.16. The summed E-state index contributed by atoms with van der Waals surface area (Å²) in [6.45, 7) is 2.91. The zero-order valence-corrected chi connectivity index (χ0v) is 16.5.